The number of anilines is 1. The van der Waals surface area contributed by atoms with Crippen LogP contribution in [0.4, 0.5) is 5.13 Å². The van der Waals surface area contributed by atoms with Crippen LogP contribution in [0.1, 0.15) is 37.8 Å². The first-order valence-corrected chi connectivity index (χ1v) is 11.5. The van der Waals surface area contributed by atoms with E-state index < -0.39 is 0 Å². The average Bonchev–Trinajstić information content (AvgIpc) is 3.37. The van der Waals surface area contributed by atoms with E-state index in [0.717, 1.165) is 57.7 Å². The maximum atomic E-state index is 12.7. The SMILES string of the molecule is O=C(Cc1csc(N2CCCC2=O)n1)N1CCN(CC(=O)N2CCCCC2)CC1. The van der Waals surface area contributed by atoms with Crippen molar-refractivity contribution in [2.24, 2.45) is 0 Å². The maximum Gasteiger partial charge on any atom is 0.236 e. The number of hydrogen-bond donors (Lipinski definition) is 0. The molecule has 0 aromatic carbocycles. The Kier molecular flexibility index (Phi) is 6.44. The van der Waals surface area contributed by atoms with Gasteiger partial charge in [-0.25, -0.2) is 4.98 Å². The summed E-state index contributed by atoms with van der Waals surface area (Å²) in [5.74, 6) is 0.403. The van der Waals surface area contributed by atoms with Crippen LogP contribution in [0.3, 0.4) is 0 Å². The quantitative estimate of drug-likeness (QED) is 0.711. The maximum absolute atomic E-state index is 12.7. The summed E-state index contributed by atoms with van der Waals surface area (Å²) in [7, 11) is 0. The highest BCUT2D eigenvalue weighted by Crippen LogP contribution is 2.25. The largest absolute Gasteiger partial charge is 0.342 e. The summed E-state index contributed by atoms with van der Waals surface area (Å²) in [6, 6.07) is 0. The Morgan fingerprint density at radius 3 is 2.31 bits per heavy atom. The second-order valence-corrected chi connectivity index (χ2v) is 8.88. The summed E-state index contributed by atoms with van der Waals surface area (Å²) in [5, 5.41) is 2.59. The number of piperidine rings is 1. The van der Waals surface area contributed by atoms with Gasteiger partial charge in [0.1, 0.15) is 0 Å². The smallest absolute Gasteiger partial charge is 0.236 e. The predicted octanol–water partition coefficient (Wildman–Crippen LogP) is 0.969. The van der Waals surface area contributed by atoms with Gasteiger partial charge in [0.05, 0.1) is 18.7 Å². The Morgan fingerprint density at radius 2 is 1.62 bits per heavy atom. The summed E-state index contributed by atoms with van der Waals surface area (Å²) >= 11 is 1.43. The molecule has 9 heteroatoms. The van der Waals surface area contributed by atoms with Crippen LogP contribution in [0.15, 0.2) is 5.38 Å². The summed E-state index contributed by atoms with van der Waals surface area (Å²) in [5.41, 5.74) is 0.734. The number of rotatable bonds is 5. The predicted molar refractivity (Wildman–Crippen MR) is 111 cm³/mol. The Hall–Kier alpha value is -2.00. The van der Waals surface area contributed by atoms with Crippen molar-refractivity contribution < 1.29 is 14.4 Å². The lowest BCUT2D eigenvalue weighted by molar-refractivity contribution is -0.135. The van der Waals surface area contributed by atoms with Crippen LogP contribution in [-0.4, -0.2) is 89.8 Å². The van der Waals surface area contributed by atoms with Crippen LogP contribution in [0.2, 0.25) is 0 Å². The Morgan fingerprint density at radius 1 is 0.897 bits per heavy atom. The van der Waals surface area contributed by atoms with E-state index in [4.69, 9.17) is 0 Å². The molecule has 1 aromatic rings. The molecule has 0 bridgehead atoms. The van der Waals surface area contributed by atoms with Gasteiger partial charge in [0.15, 0.2) is 5.13 Å². The molecular formula is C20H29N5O3S. The van der Waals surface area contributed by atoms with E-state index in [2.05, 4.69) is 9.88 Å². The Labute approximate surface area is 175 Å². The molecule has 0 saturated carbocycles. The molecule has 3 aliphatic rings. The van der Waals surface area contributed by atoms with Crippen molar-refractivity contribution in [3.05, 3.63) is 11.1 Å². The molecule has 0 atom stereocenters. The van der Waals surface area contributed by atoms with E-state index in [-0.39, 0.29) is 24.1 Å². The summed E-state index contributed by atoms with van der Waals surface area (Å²) in [6.07, 6.45) is 5.16. The zero-order valence-corrected chi connectivity index (χ0v) is 17.7. The fraction of sp³-hybridized carbons (Fsp3) is 0.700. The highest BCUT2D eigenvalue weighted by molar-refractivity contribution is 7.14. The number of hydrogen-bond acceptors (Lipinski definition) is 6. The molecule has 4 rings (SSSR count). The lowest BCUT2D eigenvalue weighted by Crippen LogP contribution is -2.52. The molecule has 0 radical (unpaired) electrons. The molecule has 0 aliphatic carbocycles. The molecular weight excluding hydrogens is 390 g/mol. The normalized spacial score (nSPS) is 21.1. The van der Waals surface area contributed by atoms with E-state index in [0.29, 0.717) is 31.2 Å². The molecule has 8 nitrogen and oxygen atoms in total. The van der Waals surface area contributed by atoms with Crippen molar-refractivity contribution >= 4 is 34.2 Å². The van der Waals surface area contributed by atoms with Gasteiger partial charge in [0, 0.05) is 57.6 Å². The number of carbonyl (C=O) groups excluding carboxylic acids is 3. The number of nitrogens with zero attached hydrogens (tertiary/aromatic N) is 5. The van der Waals surface area contributed by atoms with Crippen LogP contribution in [0.5, 0.6) is 0 Å². The third-order valence-electron chi connectivity index (χ3n) is 5.97. The van der Waals surface area contributed by atoms with Gasteiger partial charge in [-0.3, -0.25) is 24.2 Å². The number of amides is 3. The topological polar surface area (TPSA) is 77.1 Å². The van der Waals surface area contributed by atoms with Crippen LogP contribution in [0, 0.1) is 0 Å². The molecule has 3 amide bonds. The molecule has 0 N–H and O–H groups in total. The number of likely N-dealkylation sites (tertiary alicyclic amines) is 1. The van der Waals surface area contributed by atoms with Gasteiger partial charge in [0.25, 0.3) is 0 Å². The first-order chi connectivity index (χ1) is 14.1. The number of carbonyl (C=O) groups is 3. The Bertz CT molecular complexity index is 753. The first kappa shape index (κ1) is 20.3. The molecule has 158 valence electrons. The van der Waals surface area contributed by atoms with E-state index in [1.807, 2.05) is 15.2 Å². The van der Waals surface area contributed by atoms with Crippen molar-refractivity contribution in [1.82, 2.24) is 19.7 Å². The molecule has 0 unspecified atom stereocenters. The van der Waals surface area contributed by atoms with Crippen molar-refractivity contribution in [2.75, 3.05) is 57.3 Å². The summed E-state index contributed by atoms with van der Waals surface area (Å²) in [4.78, 5) is 49.1. The van der Waals surface area contributed by atoms with E-state index >= 15 is 0 Å². The average molecular weight is 420 g/mol. The molecule has 3 saturated heterocycles. The van der Waals surface area contributed by atoms with Gasteiger partial charge in [-0.15, -0.1) is 11.3 Å². The standard InChI is InChI=1S/C20H29N5O3S/c26-17-5-4-8-25(17)20-21-16(15-29-20)13-18(27)24-11-9-22(10-12-24)14-19(28)23-6-2-1-3-7-23/h15H,1-14H2. The van der Waals surface area contributed by atoms with Crippen LogP contribution in [0.25, 0.3) is 0 Å². The second-order valence-electron chi connectivity index (χ2n) is 8.05. The van der Waals surface area contributed by atoms with Gasteiger partial charge >= 0.3 is 0 Å². The van der Waals surface area contributed by atoms with Gasteiger partial charge < -0.3 is 9.80 Å². The van der Waals surface area contributed by atoms with Crippen molar-refractivity contribution in [2.45, 2.75) is 38.5 Å². The van der Waals surface area contributed by atoms with Crippen molar-refractivity contribution in [3.63, 3.8) is 0 Å². The van der Waals surface area contributed by atoms with Gasteiger partial charge in [0.2, 0.25) is 17.7 Å². The molecule has 3 fully saturated rings. The monoisotopic (exact) mass is 419 g/mol. The fourth-order valence-electron chi connectivity index (χ4n) is 4.21. The lowest BCUT2D eigenvalue weighted by atomic mass is 10.1. The highest BCUT2D eigenvalue weighted by atomic mass is 32.1. The van der Waals surface area contributed by atoms with Crippen LogP contribution < -0.4 is 4.90 Å². The lowest BCUT2D eigenvalue weighted by Gasteiger charge is -2.36. The van der Waals surface area contributed by atoms with E-state index in [9.17, 15) is 14.4 Å². The Balaban J connectivity index is 1.22. The first-order valence-electron chi connectivity index (χ1n) is 10.6. The molecule has 29 heavy (non-hydrogen) atoms. The van der Waals surface area contributed by atoms with Gasteiger partial charge in [-0.1, -0.05) is 0 Å². The zero-order valence-electron chi connectivity index (χ0n) is 16.8. The van der Waals surface area contributed by atoms with Crippen LogP contribution >= 0.6 is 11.3 Å². The number of thiazole rings is 1. The molecule has 1 aromatic heterocycles. The third kappa shape index (κ3) is 4.95. The summed E-state index contributed by atoms with van der Waals surface area (Å²) < 4.78 is 0. The van der Waals surface area contributed by atoms with E-state index in [1.165, 1.54) is 17.8 Å². The van der Waals surface area contributed by atoms with Crippen LogP contribution in [-0.2, 0) is 20.8 Å². The second kappa shape index (κ2) is 9.21. The molecule has 4 heterocycles. The minimum Gasteiger partial charge on any atom is -0.342 e. The number of piperazine rings is 1. The number of aromatic nitrogens is 1. The van der Waals surface area contributed by atoms with Crippen molar-refractivity contribution in [3.8, 4) is 0 Å². The fourth-order valence-corrected chi connectivity index (χ4v) is 5.08. The zero-order chi connectivity index (χ0) is 20.2. The highest BCUT2D eigenvalue weighted by Gasteiger charge is 2.27. The van der Waals surface area contributed by atoms with E-state index in [1.54, 1.807) is 4.90 Å². The molecule has 0 spiro atoms. The van der Waals surface area contributed by atoms with Gasteiger partial charge in [-0.05, 0) is 25.7 Å². The van der Waals surface area contributed by atoms with Gasteiger partial charge in [-0.2, -0.15) is 0 Å². The minimum atomic E-state index is 0.0663. The minimum absolute atomic E-state index is 0.0663. The molecule has 3 aliphatic heterocycles. The third-order valence-corrected chi connectivity index (χ3v) is 6.88. The summed E-state index contributed by atoms with van der Waals surface area (Å²) in [6.45, 7) is 5.71. The van der Waals surface area contributed by atoms with Crippen molar-refractivity contribution in [1.29, 1.82) is 0 Å².